The zero-order valence-corrected chi connectivity index (χ0v) is 15.8. The van der Waals surface area contributed by atoms with Gasteiger partial charge in [-0.1, -0.05) is 24.3 Å². The standard InChI is InChI=1S/C10H16N2O8.C9H7N/c13-1-5(14)6(15)7(16)8(17)10(19)12-9(18)4-2-20-3-11-4;1-2-6-9-8(4-1)5-3-7-10-9/h3-8,13-17H,1-2H2,(H,12,18,19);1-7H. The fraction of sp³-hybridized carbons (Fsp3) is 0.368. The number of benzene rings is 1. The first-order valence-electron chi connectivity index (χ1n) is 8.96. The fourth-order valence-corrected chi connectivity index (χ4v) is 2.41. The van der Waals surface area contributed by atoms with Crippen LogP contribution in [0.2, 0.25) is 0 Å². The molecule has 2 amide bonds. The molecule has 0 spiro atoms. The minimum Gasteiger partial charge on any atom is -0.481 e. The van der Waals surface area contributed by atoms with E-state index in [4.69, 9.17) is 10.2 Å². The number of rotatable bonds is 6. The number of hydrogen-bond donors (Lipinski definition) is 6. The Hall–Kier alpha value is -2.96. The van der Waals surface area contributed by atoms with E-state index in [9.17, 15) is 24.9 Å². The summed E-state index contributed by atoms with van der Waals surface area (Å²) in [6.45, 7) is -0.927. The highest BCUT2D eigenvalue weighted by Crippen LogP contribution is 2.08. The van der Waals surface area contributed by atoms with Gasteiger partial charge in [-0.05, 0) is 12.1 Å². The van der Waals surface area contributed by atoms with Crippen LogP contribution in [0.5, 0.6) is 0 Å². The Morgan fingerprint density at radius 2 is 1.80 bits per heavy atom. The van der Waals surface area contributed by atoms with Crippen molar-refractivity contribution in [3.63, 3.8) is 0 Å². The molecule has 11 heteroatoms. The Labute approximate surface area is 171 Å². The van der Waals surface area contributed by atoms with Gasteiger partial charge in [0.15, 0.2) is 18.5 Å². The molecule has 30 heavy (non-hydrogen) atoms. The number of pyridine rings is 1. The van der Waals surface area contributed by atoms with E-state index in [2.05, 4.69) is 26.8 Å². The largest absolute Gasteiger partial charge is 0.481 e. The topological polar surface area (TPSA) is 182 Å². The molecule has 0 radical (unpaired) electrons. The second-order valence-electron chi connectivity index (χ2n) is 6.33. The van der Waals surface area contributed by atoms with Gasteiger partial charge in [0.2, 0.25) is 0 Å². The van der Waals surface area contributed by atoms with Crippen molar-refractivity contribution < 1.29 is 39.9 Å². The molecule has 1 aromatic carbocycles. The maximum absolute atomic E-state index is 11.5. The van der Waals surface area contributed by atoms with Crippen molar-refractivity contribution in [2.45, 2.75) is 30.5 Å². The number of aromatic nitrogens is 1. The molecule has 11 nitrogen and oxygen atoms in total. The summed E-state index contributed by atoms with van der Waals surface area (Å²) in [5.74, 6) is -2.11. The predicted octanol–water partition coefficient (Wildman–Crippen LogP) is -2.27. The van der Waals surface area contributed by atoms with Crippen LogP contribution in [-0.2, 0) is 14.3 Å². The van der Waals surface area contributed by atoms with Crippen LogP contribution >= 0.6 is 0 Å². The van der Waals surface area contributed by atoms with Crippen LogP contribution in [0, 0.1) is 0 Å². The Bertz CT molecular complexity index is 812. The number of carbonyl (C=O) groups is 2. The number of aliphatic imine (C=N–C) groups is 1. The third kappa shape index (κ3) is 6.27. The molecule has 1 aromatic heterocycles. The van der Waals surface area contributed by atoms with Crippen LogP contribution in [-0.4, -0.2) is 92.4 Å². The highest BCUT2D eigenvalue weighted by molar-refractivity contribution is 6.00. The highest BCUT2D eigenvalue weighted by Gasteiger charge is 2.35. The quantitative estimate of drug-likeness (QED) is 0.299. The average molecular weight is 421 g/mol. The molecule has 0 saturated carbocycles. The third-order valence-electron chi connectivity index (χ3n) is 4.15. The van der Waals surface area contributed by atoms with Gasteiger partial charge in [0.25, 0.3) is 11.8 Å². The van der Waals surface area contributed by atoms with Crippen molar-refractivity contribution in [2.75, 3.05) is 13.2 Å². The Morgan fingerprint density at radius 1 is 1.10 bits per heavy atom. The molecule has 5 atom stereocenters. The van der Waals surface area contributed by atoms with Crippen molar-refractivity contribution in [1.29, 1.82) is 0 Å². The van der Waals surface area contributed by atoms with Crippen LogP contribution < -0.4 is 5.32 Å². The summed E-state index contributed by atoms with van der Waals surface area (Å²) in [5, 5.41) is 48.8. The monoisotopic (exact) mass is 421 g/mol. The second kappa shape index (κ2) is 11.3. The first-order chi connectivity index (χ1) is 14.3. The normalized spacial score (nSPS) is 19.0. The van der Waals surface area contributed by atoms with Crippen molar-refractivity contribution in [1.82, 2.24) is 10.3 Å². The number of aliphatic hydroxyl groups is 5. The molecule has 0 fully saturated rings. The Morgan fingerprint density at radius 3 is 2.43 bits per heavy atom. The van der Waals surface area contributed by atoms with Gasteiger partial charge in [-0.25, -0.2) is 4.99 Å². The number of hydrogen-bond acceptors (Lipinski definition) is 10. The van der Waals surface area contributed by atoms with Gasteiger partial charge in [-0.3, -0.25) is 19.9 Å². The van der Waals surface area contributed by atoms with Crippen LogP contribution in [0.15, 0.2) is 47.6 Å². The smallest absolute Gasteiger partial charge is 0.258 e. The number of amides is 2. The van der Waals surface area contributed by atoms with E-state index >= 15 is 0 Å². The van der Waals surface area contributed by atoms with Crippen molar-refractivity contribution in [2.24, 2.45) is 4.99 Å². The first-order valence-corrected chi connectivity index (χ1v) is 8.96. The summed E-state index contributed by atoms with van der Waals surface area (Å²) in [4.78, 5) is 30.7. The highest BCUT2D eigenvalue weighted by atomic mass is 16.5. The van der Waals surface area contributed by atoms with Gasteiger partial charge in [0, 0.05) is 11.6 Å². The SMILES string of the molecule is O=C(NC(=O)C(O)C(O)C(O)C(O)CO)C1COC=N1.c1ccc2ncccc2c1. The number of imide groups is 1. The summed E-state index contributed by atoms with van der Waals surface area (Å²) < 4.78 is 4.68. The predicted molar refractivity (Wildman–Crippen MR) is 104 cm³/mol. The van der Waals surface area contributed by atoms with Crippen LogP contribution in [0.25, 0.3) is 10.9 Å². The zero-order chi connectivity index (χ0) is 22.1. The number of ether oxygens (including phenoxy) is 1. The zero-order valence-electron chi connectivity index (χ0n) is 15.8. The lowest BCUT2D eigenvalue weighted by molar-refractivity contribution is -0.151. The van der Waals surface area contributed by atoms with Crippen molar-refractivity contribution >= 4 is 29.1 Å². The van der Waals surface area contributed by atoms with Crippen LogP contribution in [0.4, 0.5) is 0 Å². The van der Waals surface area contributed by atoms with E-state index in [0.717, 1.165) is 11.9 Å². The summed E-state index contributed by atoms with van der Waals surface area (Å²) in [5.41, 5.74) is 1.06. The molecule has 6 N–H and O–H groups in total. The third-order valence-corrected chi connectivity index (χ3v) is 4.15. The van der Waals surface area contributed by atoms with E-state index in [1.165, 1.54) is 5.39 Å². The molecule has 3 rings (SSSR count). The molecule has 162 valence electrons. The Kier molecular flexibility index (Phi) is 8.77. The van der Waals surface area contributed by atoms with Gasteiger partial charge < -0.3 is 30.3 Å². The molecule has 0 aliphatic carbocycles. The minimum atomic E-state index is -2.17. The van der Waals surface area contributed by atoms with Gasteiger partial charge >= 0.3 is 0 Å². The summed E-state index contributed by atoms with van der Waals surface area (Å²) in [6, 6.07) is 11.2. The molecule has 2 aromatic rings. The molecular weight excluding hydrogens is 398 g/mol. The maximum Gasteiger partial charge on any atom is 0.258 e. The number of nitrogens with zero attached hydrogens (tertiary/aromatic N) is 2. The number of aliphatic hydroxyl groups excluding tert-OH is 5. The Balaban J connectivity index is 0.000000263. The fourth-order valence-electron chi connectivity index (χ4n) is 2.41. The van der Waals surface area contributed by atoms with Gasteiger partial charge in [0.1, 0.15) is 24.9 Å². The lowest BCUT2D eigenvalue weighted by Gasteiger charge is -2.24. The van der Waals surface area contributed by atoms with E-state index in [1.54, 1.807) is 5.32 Å². The molecule has 2 heterocycles. The average Bonchev–Trinajstić information content (AvgIpc) is 3.32. The summed E-state index contributed by atoms with van der Waals surface area (Å²) in [6.07, 6.45) is -5.08. The number of fused-ring (bicyclic) bond motifs is 1. The summed E-state index contributed by atoms with van der Waals surface area (Å²) in [7, 11) is 0. The molecular formula is C19H23N3O8. The van der Waals surface area contributed by atoms with Crippen LogP contribution in [0.1, 0.15) is 0 Å². The second-order valence-corrected chi connectivity index (χ2v) is 6.33. The molecule has 5 unspecified atom stereocenters. The van der Waals surface area contributed by atoms with Gasteiger partial charge in [0.05, 0.1) is 12.1 Å². The number of nitrogens with one attached hydrogen (secondary N) is 1. The van der Waals surface area contributed by atoms with E-state index in [1.807, 2.05) is 30.5 Å². The van der Waals surface area contributed by atoms with Crippen LogP contribution in [0.3, 0.4) is 0 Å². The first kappa shape index (κ1) is 23.3. The van der Waals surface area contributed by atoms with Crippen molar-refractivity contribution in [3.8, 4) is 0 Å². The van der Waals surface area contributed by atoms with Gasteiger partial charge in [-0.2, -0.15) is 0 Å². The van der Waals surface area contributed by atoms with E-state index in [0.29, 0.717) is 0 Å². The summed E-state index contributed by atoms with van der Waals surface area (Å²) >= 11 is 0. The van der Waals surface area contributed by atoms with Crippen molar-refractivity contribution in [3.05, 3.63) is 42.6 Å². The van der Waals surface area contributed by atoms with E-state index in [-0.39, 0.29) is 6.61 Å². The minimum absolute atomic E-state index is 0.0520. The molecule has 0 saturated heterocycles. The number of para-hydroxylation sites is 1. The number of carbonyl (C=O) groups excluding carboxylic acids is 2. The lowest BCUT2D eigenvalue weighted by Crippen LogP contribution is -2.53. The molecule has 1 aliphatic heterocycles. The molecule has 1 aliphatic rings. The van der Waals surface area contributed by atoms with Gasteiger partial charge in [-0.15, -0.1) is 0 Å². The van der Waals surface area contributed by atoms with E-state index < -0.39 is 48.9 Å². The molecule has 0 bridgehead atoms. The maximum atomic E-state index is 11.5. The lowest BCUT2D eigenvalue weighted by atomic mass is 10.0.